The minimum Gasteiger partial charge on any atom is -0.338 e. The topological polar surface area (TPSA) is 32.3 Å². The second-order valence-corrected chi connectivity index (χ2v) is 5.64. The van der Waals surface area contributed by atoms with Gasteiger partial charge in [-0.2, -0.15) is 11.8 Å². The number of carbonyl (C=O) groups excluding carboxylic acids is 1. The van der Waals surface area contributed by atoms with Gasteiger partial charge in [0.2, 0.25) is 5.91 Å². The van der Waals surface area contributed by atoms with Gasteiger partial charge in [-0.1, -0.05) is 0 Å². The summed E-state index contributed by atoms with van der Waals surface area (Å²) >= 11 is 1.95. The molecule has 1 amide bonds. The van der Waals surface area contributed by atoms with E-state index in [0.29, 0.717) is 24.4 Å². The summed E-state index contributed by atoms with van der Waals surface area (Å²) in [6.45, 7) is 3.95. The summed E-state index contributed by atoms with van der Waals surface area (Å²) in [5.41, 5.74) is 0. The van der Waals surface area contributed by atoms with E-state index in [2.05, 4.69) is 12.2 Å². The van der Waals surface area contributed by atoms with Gasteiger partial charge in [0.25, 0.3) is 0 Å². The van der Waals surface area contributed by atoms with Crippen molar-refractivity contribution in [1.29, 1.82) is 0 Å². The molecule has 1 heterocycles. The predicted octanol–water partition coefficient (Wildman–Crippen LogP) is 1.09. The Labute approximate surface area is 96.0 Å². The van der Waals surface area contributed by atoms with Crippen molar-refractivity contribution < 1.29 is 4.79 Å². The smallest absolute Gasteiger partial charge is 0.224 e. The lowest BCUT2D eigenvalue weighted by molar-refractivity contribution is -0.132. The van der Waals surface area contributed by atoms with Crippen LogP contribution < -0.4 is 5.32 Å². The average molecular weight is 228 g/mol. The average Bonchev–Trinajstić information content (AvgIpc) is 3.02. The molecule has 1 saturated carbocycles. The molecule has 0 aromatic carbocycles. The number of rotatable bonds is 4. The zero-order valence-corrected chi connectivity index (χ0v) is 10.2. The Morgan fingerprint density at radius 3 is 3.00 bits per heavy atom. The van der Waals surface area contributed by atoms with Gasteiger partial charge in [0.15, 0.2) is 0 Å². The summed E-state index contributed by atoms with van der Waals surface area (Å²) in [4.78, 5) is 13.9. The Bertz CT molecular complexity index is 231. The standard InChI is InChI=1S/C11H20N2OS/c1-9-8-15-7-6-13(9)11(14)4-5-12-10-2-3-10/h9-10,12H,2-8H2,1H3. The van der Waals surface area contributed by atoms with Crippen molar-refractivity contribution in [3.05, 3.63) is 0 Å². The van der Waals surface area contributed by atoms with Crippen molar-refractivity contribution in [2.24, 2.45) is 0 Å². The second kappa shape index (κ2) is 5.21. The summed E-state index contributed by atoms with van der Waals surface area (Å²) < 4.78 is 0. The first-order valence-corrected chi connectivity index (χ1v) is 7.03. The first-order chi connectivity index (χ1) is 7.27. The van der Waals surface area contributed by atoms with E-state index in [1.165, 1.54) is 12.8 Å². The lowest BCUT2D eigenvalue weighted by Crippen LogP contribution is -2.45. The molecule has 0 bridgehead atoms. The molecule has 2 rings (SSSR count). The molecule has 2 aliphatic rings. The van der Waals surface area contributed by atoms with Crippen LogP contribution in [-0.2, 0) is 4.79 Å². The van der Waals surface area contributed by atoms with E-state index in [9.17, 15) is 4.79 Å². The molecule has 1 atom stereocenters. The summed E-state index contributed by atoms with van der Waals surface area (Å²) in [5, 5.41) is 3.39. The zero-order valence-electron chi connectivity index (χ0n) is 9.37. The van der Waals surface area contributed by atoms with E-state index in [-0.39, 0.29) is 0 Å². The first-order valence-electron chi connectivity index (χ1n) is 5.88. The fraction of sp³-hybridized carbons (Fsp3) is 0.909. The van der Waals surface area contributed by atoms with Crippen LogP contribution in [0.1, 0.15) is 26.2 Å². The van der Waals surface area contributed by atoms with E-state index in [4.69, 9.17) is 0 Å². The molecular weight excluding hydrogens is 208 g/mol. The molecule has 2 fully saturated rings. The highest BCUT2D eigenvalue weighted by molar-refractivity contribution is 7.99. The molecule has 15 heavy (non-hydrogen) atoms. The van der Waals surface area contributed by atoms with Crippen LogP contribution in [0.4, 0.5) is 0 Å². The number of hydrogen-bond donors (Lipinski definition) is 1. The molecule has 3 nitrogen and oxygen atoms in total. The molecule has 1 unspecified atom stereocenters. The van der Waals surface area contributed by atoms with Crippen LogP contribution in [0.25, 0.3) is 0 Å². The first kappa shape index (κ1) is 11.3. The number of amides is 1. The zero-order chi connectivity index (χ0) is 10.7. The van der Waals surface area contributed by atoms with Gasteiger partial charge in [-0.15, -0.1) is 0 Å². The maximum Gasteiger partial charge on any atom is 0.224 e. The molecule has 1 N–H and O–H groups in total. The molecular formula is C11H20N2OS. The molecule has 1 saturated heterocycles. The Kier molecular flexibility index (Phi) is 3.92. The maximum absolute atomic E-state index is 11.9. The molecule has 1 aliphatic carbocycles. The van der Waals surface area contributed by atoms with Gasteiger partial charge < -0.3 is 10.2 Å². The van der Waals surface area contributed by atoms with Gasteiger partial charge in [-0.05, 0) is 19.8 Å². The molecule has 1 aliphatic heterocycles. The number of thioether (sulfide) groups is 1. The van der Waals surface area contributed by atoms with Gasteiger partial charge in [0.1, 0.15) is 0 Å². The second-order valence-electron chi connectivity index (χ2n) is 4.49. The molecule has 0 aromatic rings. The van der Waals surface area contributed by atoms with Crippen LogP contribution in [0.3, 0.4) is 0 Å². The normalized spacial score (nSPS) is 26.7. The fourth-order valence-electron chi connectivity index (χ4n) is 1.91. The SMILES string of the molecule is CC1CSCCN1C(=O)CCNC1CC1. The van der Waals surface area contributed by atoms with Crippen LogP contribution in [0.5, 0.6) is 0 Å². The third-order valence-corrected chi connectivity index (χ3v) is 4.23. The van der Waals surface area contributed by atoms with Gasteiger partial charge in [0, 0.05) is 43.1 Å². The third kappa shape index (κ3) is 3.38. The van der Waals surface area contributed by atoms with Gasteiger partial charge in [-0.25, -0.2) is 0 Å². The van der Waals surface area contributed by atoms with Crippen LogP contribution >= 0.6 is 11.8 Å². The monoisotopic (exact) mass is 228 g/mol. The van der Waals surface area contributed by atoms with Crippen LogP contribution in [0.2, 0.25) is 0 Å². The maximum atomic E-state index is 11.9. The molecule has 0 spiro atoms. The fourth-order valence-corrected chi connectivity index (χ4v) is 2.93. The quantitative estimate of drug-likeness (QED) is 0.782. The highest BCUT2D eigenvalue weighted by Crippen LogP contribution is 2.19. The lowest BCUT2D eigenvalue weighted by Gasteiger charge is -2.33. The van der Waals surface area contributed by atoms with Crippen molar-refractivity contribution in [2.45, 2.75) is 38.3 Å². The van der Waals surface area contributed by atoms with E-state index in [0.717, 1.165) is 24.6 Å². The van der Waals surface area contributed by atoms with Crippen LogP contribution in [0, 0.1) is 0 Å². The highest BCUT2D eigenvalue weighted by Gasteiger charge is 2.24. The van der Waals surface area contributed by atoms with Gasteiger partial charge in [-0.3, -0.25) is 4.79 Å². The van der Waals surface area contributed by atoms with Crippen molar-refractivity contribution in [3.8, 4) is 0 Å². The largest absolute Gasteiger partial charge is 0.338 e. The predicted molar refractivity (Wildman–Crippen MR) is 64.1 cm³/mol. The number of hydrogen-bond acceptors (Lipinski definition) is 3. The van der Waals surface area contributed by atoms with Gasteiger partial charge >= 0.3 is 0 Å². The Morgan fingerprint density at radius 2 is 2.33 bits per heavy atom. The van der Waals surface area contributed by atoms with Crippen molar-refractivity contribution in [2.75, 3.05) is 24.6 Å². The van der Waals surface area contributed by atoms with E-state index < -0.39 is 0 Å². The molecule has 0 radical (unpaired) electrons. The molecule has 86 valence electrons. The summed E-state index contributed by atoms with van der Waals surface area (Å²) in [7, 11) is 0. The molecule has 0 aromatic heterocycles. The minimum atomic E-state index is 0.330. The third-order valence-electron chi connectivity index (χ3n) is 3.04. The summed E-state index contributed by atoms with van der Waals surface area (Å²) in [6, 6.07) is 1.14. The number of nitrogens with zero attached hydrogens (tertiary/aromatic N) is 1. The Hall–Kier alpha value is -0.220. The van der Waals surface area contributed by atoms with E-state index >= 15 is 0 Å². The minimum absolute atomic E-state index is 0.330. The number of carbonyl (C=O) groups is 1. The van der Waals surface area contributed by atoms with Crippen molar-refractivity contribution >= 4 is 17.7 Å². The Balaban J connectivity index is 1.68. The van der Waals surface area contributed by atoms with Gasteiger partial charge in [0.05, 0.1) is 0 Å². The van der Waals surface area contributed by atoms with Crippen molar-refractivity contribution in [1.82, 2.24) is 10.2 Å². The van der Waals surface area contributed by atoms with Crippen LogP contribution in [-0.4, -0.2) is 47.5 Å². The summed E-state index contributed by atoms with van der Waals surface area (Å²) in [5.74, 6) is 2.53. The highest BCUT2D eigenvalue weighted by atomic mass is 32.2. The van der Waals surface area contributed by atoms with E-state index in [1.807, 2.05) is 16.7 Å². The number of nitrogens with one attached hydrogen (secondary N) is 1. The molecule has 4 heteroatoms. The van der Waals surface area contributed by atoms with Crippen LogP contribution in [0.15, 0.2) is 0 Å². The van der Waals surface area contributed by atoms with Crippen molar-refractivity contribution in [3.63, 3.8) is 0 Å². The van der Waals surface area contributed by atoms with E-state index in [1.54, 1.807) is 0 Å². The summed E-state index contributed by atoms with van der Waals surface area (Å²) in [6.07, 6.45) is 3.27. The lowest BCUT2D eigenvalue weighted by atomic mass is 10.2. The Morgan fingerprint density at radius 1 is 1.53 bits per heavy atom.